The van der Waals surface area contributed by atoms with Gasteiger partial charge in [-0.05, 0) is 85.5 Å². The van der Waals surface area contributed by atoms with Gasteiger partial charge in [-0.2, -0.15) is 10.2 Å². The maximum atomic E-state index is 12.5. The van der Waals surface area contributed by atoms with E-state index in [1.165, 1.54) is 24.4 Å². The Labute approximate surface area is 457 Å². The molecule has 76 heavy (non-hydrogen) atoms. The van der Waals surface area contributed by atoms with E-state index in [1.807, 2.05) is 104 Å². The van der Waals surface area contributed by atoms with E-state index in [0.29, 0.717) is 61.9 Å². The number of carboxylic acid groups (broad SMARTS) is 1. The smallest absolute Gasteiger partial charge is 0.316 e. The Morgan fingerprint density at radius 3 is 1.64 bits per heavy atom. The van der Waals surface area contributed by atoms with Crippen LogP contribution < -0.4 is 0 Å². The van der Waals surface area contributed by atoms with Crippen molar-refractivity contribution in [1.29, 1.82) is 0 Å². The zero-order valence-electron chi connectivity index (χ0n) is 42.3. The summed E-state index contributed by atoms with van der Waals surface area (Å²) in [5.41, 5.74) is 11.0. The molecule has 0 aliphatic heterocycles. The van der Waals surface area contributed by atoms with Crippen LogP contribution in [0.2, 0.25) is 35.7 Å². The molecular weight excluding hydrogens is 1060 g/mol. The molecule has 0 bridgehead atoms. The number of carboxylic acids is 1. The van der Waals surface area contributed by atoms with Gasteiger partial charge in [0.1, 0.15) is 37.6 Å². The molecule has 0 fully saturated rings. The Morgan fingerprint density at radius 1 is 0.658 bits per heavy atom. The Bertz CT molecular complexity index is 3600. The average Bonchev–Trinajstić information content (AvgIpc) is 4.25. The predicted molar refractivity (Wildman–Crippen MR) is 302 cm³/mol. The van der Waals surface area contributed by atoms with Crippen LogP contribution in [-0.4, -0.2) is 108 Å². The average molecular weight is 1110 g/mol. The van der Waals surface area contributed by atoms with Crippen LogP contribution in [0.5, 0.6) is 0 Å². The number of nitrogens with zero attached hydrogens (tertiary/aromatic N) is 11. The number of H-pyrrole nitrogens is 1. The first-order valence-corrected chi connectivity index (χ1v) is 30.4. The third-order valence-electron chi connectivity index (χ3n) is 11.4. The number of benzene rings is 4. The molecule has 0 saturated carbocycles. The second kappa shape index (κ2) is 23.4. The molecule has 0 aliphatic rings. The molecule has 10 rings (SSSR count). The fourth-order valence-corrected chi connectivity index (χ4v) is 10.3. The third kappa shape index (κ3) is 13.6. The Morgan fingerprint density at radius 2 is 1.16 bits per heavy atom. The van der Waals surface area contributed by atoms with Gasteiger partial charge in [0, 0.05) is 25.8 Å². The van der Waals surface area contributed by atoms with Gasteiger partial charge < -0.3 is 19.6 Å². The van der Waals surface area contributed by atoms with Crippen LogP contribution in [0.4, 0.5) is 0 Å². The zero-order chi connectivity index (χ0) is 53.6. The van der Waals surface area contributed by atoms with E-state index in [4.69, 9.17) is 47.8 Å². The largest absolute Gasteiger partial charge is 0.481 e. The molecule has 6 aromatic heterocycles. The maximum absolute atomic E-state index is 12.5. The van der Waals surface area contributed by atoms with Crippen LogP contribution in [0.1, 0.15) is 20.8 Å². The third-order valence-corrected chi connectivity index (χ3v) is 15.5. The lowest BCUT2D eigenvalue weighted by Crippen LogP contribution is -2.25. The number of nitrogens with one attached hydrogen (secondary N) is 1. The number of hydrogen-bond acceptors (Lipinski definition) is 14. The minimum atomic E-state index is -1.25. The van der Waals surface area contributed by atoms with E-state index < -0.39 is 19.6 Å². The fraction of sp³-hybridized carbons (Fsp3) is 0.222. The summed E-state index contributed by atoms with van der Waals surface area (Å²) in [7, 11) is -1.25. The lowest BCUT2D eigenvalue weighted by molar-refractivity contribution is -0.151. The summed E-state index contributed by atoms with van der Waals surface area (Å²) in [6.45, 7) is 13.5. The van der Waals surface area contributed by atoms with E-state index in [2.05, 4.69) is 79.0 Å². The molecule has 0 spiro atoms. The first-order valence-electron chi connectivity index (χ1n) is 23.9. The summed E-state index contributed by atoms with van der Waals surface area (Å²) in [5.74, 6) is -1.17. The normalized spacial score (nSPS) is 11.7. The standard InChI is InChI=1S/C32H37ClN6O3SSi.C22H15ClN6O2S/c1-32(2,3)42-28(40)18-43-31-37-30-27(38(31)21-41-15-16-44(4,5)6)17-26(33)29(36-30)24-9-7-22(8-10-24)23-11-13-25(14-12-23)39-20-34-19-35-39;23-17-9-18-21(28-22(26-18)32-10-19(30)31)27-20(17)15-3-1-13(2-4-15)14-5-7-16(8-6-14)29-12-24-11-25-29/h7-14,17,19-20H,15-16,18,21H2,1-6H3;1-9,11-12H,10H2,(H,30,31)(H,26,27,28). The lowest BCUT2D eigenvalue weighted by Gasteiger charge is -2.19. The molecule has 0 aliphatic carbocycles. The van der Waals surface area contributed by atoms with Gasteiger partial charge in [0.25, 0.3) is 0 Å². The van der Waals surface area contributed by atoms with Crippen molar-refractivity contribution >= 4 is 89.1 Å². The topological polar surface area (TPSA) is 207 Å². The van der Waals surface area contributed by atoms with Gasteiger partial charge in [-0.15, -0.1) is 0 Å². The number of carbonyl (C=O) groups is 2. The van der Waals surface area contributed by atoms with Crippen molar-refractivity contribution in [2.45, 2.75) is 69.1 Å². The number of aromatic nitrogens is 12. The monoisotopic (exact) mass is 1110 g/mol. The number of ether oxygens (including phenoxy) is 2. The molecule has 0 unspecified atom stereocenters. The SMILES string of the molecule is CC(C)(C)OC(=O)CSc1nc2nc(-c3ccc(-c4ccc(-n5cncn5)cc4)cc3)c(Cl)cc2n1COCC[Si](C)(C)C.O=C(O)CSc1nc2nc(-c3ccc(-c4ccc(-n5cncn5)cc4)cc3)c(Cl)cc2[nH]1. The summed E-state index contributed by atoms with van der Waals surface area (Å²) in [6, 6.07) is 36.9. The minimum absolute atomic E-state index is 0.0817. The minimum Gasteiger partial charge on any atom is -0.481 e. The number of halogens is 2. The number of carbonyl (C=O) groups excluding carboxylic acids is 1. The molecule has 388 valence electrons. The molecule has 2 N–H and O–H groups in total. The van der Waals surface area contributed by atoms with Crippen molar-refractivity contribution in [2.75, 3.05) is 18.1 Å². The van der Waals surface area contributed by atoms with E-state index in [-0.39, 0.29) is 17.5 Å². The summed E-state index contributed by atoms with van der Waals surface area (Å²) in [4.78, 5) is 52.9. The lowest BCUT2D eigenvalue weighted by atomic mass is 10.0. The predicted octanol–water partition coefficient (Wildman–Crippen LogP) is 12.4. The fourth-order valence-electron chi connectivity index (χ4n) is 7.70. The number of rotatable bonds is 17. The first kappa shape index (κ1) is 53.6. The maximum Gasteiger partial charge on any atom is 0.316 e. The molecule has 22 heteroatoms. The Kier molecular flexibility index (Phi) is 16.5. The highest BCUT2D eigenvalue weighted by atomic mass is 35.5. The van der Waals surface area contributed by atoms with Crippen LogP contribution in [0.15, 0.2) is 145 Å². The van der Waals surface area contributed by atoms with Crippen molar-refractivity contribution in [3.63, 3.8) is 0 Å². The number of hydrogen-bond donors (Lipinski definition) is 2. The molecule has 0 atom stereocenters. The highest BCUT2D eigenvalue weighted by Crippen LogP contribution is 2.35. The van der Waals surface area contributed by atoms with E-state index in [9.17, 15) is 9.59 Å². The van der Waals surface area contributed by atoms with Crippen LogP contribution in [0.25, 0.3) is 78.5 Å². The van der Waals surface area contributed by atoms with Gasteiger partial charge >= 0.3 is 11.9 Å². The quantitative estimate of drug-likeness (QED) is 0.0376. The molecule has 4 aromatic carbocycles. The second-order valence-electron chi connectivity index (χ2n) is 19.5. The number of fused-ring (bicyclic) bond motifs is 2. The van der Waals surface area contributed by atoms with Crippen molar-refractivity contribution < 1.29 is 24.2 Å². The zero-order valence-corrected chi connectivity index (χ0v) is 46.5. The van der Waals surface area contributed by atoms with Crippen LogP contribution in [0.3, 0.4) is 0 Å². The molecule has 17 nitrogen and oxygen atoms in total. The van der Waals surface area contributed by atoms with Crippen molar-refractivity contribution in [1.82, 2.24) is 59.0 Å². The van der Waals surface area contributed by atoms with E-state index in [1.54, 1.807) is 28.1 Å². The van der Waals surface area contributed by atoms with Crippen LogP contribution in [0, 0.1) is 0 Å². The van der Waals surface area contributed by atoms with E-state index >= 15 is 0 Å². The van der Waals surface area contributed by atoms with Crippen molar-refractivity contribution in [3.8, 4) is 56.1 Å². The number of thioether (sulfide) groups is 2. The summed E-state index contributed by atoms with van der Waals surface area (Å²) in [5, 5.41) is 19.3. The van der Waals surface area contributed by atoms with Gasteiger partial charge in [-0.3, -0.25) is 14.2 Å². The number of aromatic amines is 1. The highest BCUT2D eigenvalue weighted by molar-refractivity contribution is 8.00. The number of esters is 1. The summed E-state index contributed by atoms with van der Waals surface area (Å²) >= 11 is 15.7. The second-order valence-corrected chi connectivity index (χ2v) is 27.9. The van der Waals surface area contributed by atoms with Crippen molar-refractivity contribution in [3.05, 3.63) is 145 Å². The van der Waals surface area contributed by atoms with Gasteiger partial charge in [0.05, 0.1) is 55.3 Å². The Balaban J connectivity index is 0.000000195. The van der Waals surface area contributed by atoms with Gasteiger partial charge in [-0.1, -0.05) is 139 Å². The Hall–Kier alpha value is -7.20. The highest BCUT2D eigenvalue weighted by Gasteiger charge is 2.22. The van der Waals surface area contributed by atoms with Gasteiger partial charge in [-0.25, -0.2) is 39.3 Å². The van der Waals surface area contributed by atoms with Crippen molar-refractivity contribution in [2.24, 2.45) is 0 Å². The molecule has 0 radical (unpaired) electrons. The van der Waals surface area contributed by atoms with Gasteiger partial charge in [0.15, 0.2) is 21.6 Å². The summed E-state index contributed by atoms with van der Waals surface area (Å²) in [6.07, 6.45) is 6.34. The molecule has 0 saturated heterocycles. The number of imidazole rings is 2. The molecular formula is C54H52Cl2N12O5S2Si. The van der Waals surface area contributed by atoms with Crippen LogP contribution in [-0.2, 0) is 25.8 Å². The summed E-state index contributed by atoms with van der Waals surface area (Å²) < 4.78 is 16.9. The van der Waals surface area contributed by atoms with E-state index in [0.717, 1.165) is 68.1 Å². The molecule has 6 heterocycles. The van der Waals surface area contributed by atoms with Crippen LogP contribution >= 0.6 is 46.7 Å². The number of aliphatic carboxylic acids is 1. The first-order chi connectivity index (χ1) is 36.4. The number of pyridine rings is 2. The molecule has 10 aromatic rings. The van der Waals surface area contributed by atoms with Gasteiger partial charge in [0.2, 0.25) is 0 Å². The molecule has 0 amide bonds.